The van der Waals surface area contributed by atoms with Crippen LogP contribution in [0, 0.1) is 0 Å². The van der Waals surface area contributed by atoms with Gasteiger partial charge in [0.05, 0.1) is 5.60 Å². The summed E-state index contributed by atoms with van der Waals surface area (Å²) in [6, 6.07) is 0. The molecule has 1 amide bonds. The van der Waals surface area contributed by atoms with Gasteiger partial charge in [0.2, 0.25) is 0 Å². The fourth-order valence-corrected chi connectivity index (χ4v) is 2.03. The highest BCUT2D eigenvalue weighted by Gasteiger charge is 2.44. The zero-order chi connectivity index (χ0) is 14.2. The molecule has 106 valence electrons. The van der Waals surface area contributed by atoms with Crippen molar-refractivity contribution >= 4 is 6.09 Å². The fraction of sp³-hybridized carbons (Fsp3) is 0.923. The molecular formula is C13H26N2O3. The maximum atomic E-state index is 11.9. The maximum Gasteiger partial charge on any atom is 0.410 e. The molecule has 1 rings (SSSR count). The molecule has 0 radical (unpaired) electrons. The Morgan fingerprint density at radius 1 is 1.22 bits per heavy atom. The lowest BCUT2D eigenvalue weighted by Crippen LogP contribution is -2.61. The van der Waals surface area contributed by atoms with Crippen molar-refractivity contribution in [2.75, 3.05) is 13.1 Å². The van der Waals surface area contributed by atoms with Gasteiger partial charge in [-0.2, -0.15) is 0 Å². The third-order valence-electron chi connectivity index (χ3n) is 3.44. The summed E-state index contributed by atoms with van der Waals surface area (Å²) in [4.78, 5) is 13.5. The van der Waals surface area contributed by atoms with Gasteiger partial charge in [-0.1, -0.05) is 0 Å². The molecule has 3 N–H and O–H groups in total. The summed E-state index contributed by atoms with van der Waals surface area (Å²) in [5.41, 5.74) is 3.92. The molecule has 0 saturated carbocycles. The van der Waals surface area contributed by atoms with E-state index >= 15 is 0 Å². The van der Waals surface area contributed by atoms with E-state index in [0.717, 1.165) is 0 Å². The smallest absolute Gasteiger partial charge is 0.410 e. The standard InChI is InChI=1S/C13H26N2O3/c1-11(2,3)18-10(16)15-8-6-13(17,7-9-15)12(4,5)14/h17H,6-9,14H2,1-5H3. The maximum absolute atomic E-state index is 11.9. The van der Waals surface area contributed by atoms with Crippen molar-refractivity contribution in [3.8, 4) is 0 Å². The van der Waals surface area contributed by atoms with Crippen molar-refractivity contribution in [1.82, 2.24) is 4.90 Å². The average molecular weight is 258 g/mol. The largest absolute Gasteiger partial charge is 0.444 e. The van der Waals surface area contributed by atoms with Gasteiger partial charge in [0, 0.05) is 18.6 Å². The van der Waals surface area contributed by atoms with Gasteiger partial charge in [-0.25, -0.2) is 4.79 Å². The zero-order valence-electron chi connectivity index (χ0n) is 12.1. The second-order valence-electron chi connectivity index (χ2n) is 6.72. The molecule has 5 nitrogen and oxygen atoms in total. The van der Waals surface area contributed by atoms with Crippen molar-refractivity contribution in [3.63, 3.8) is 0 Å². The molecule has 0 spiro atoms. The van der Waals surface area contributed by atoms with E-state index in [1.165, 1.54) is 0 Å². The quantitative estimate of drug-likeness (QED) is 0.747. The fourth-order valence-electron chi connectivity index (χ4n) is 2.03. The van der Waals surface area contributed by atoms with E-state index in [1.807, 2.05) is 34.6 Å². The van der Waals surface area contributed by atoms with Crippen LogP contribution in [0.4, 0.5) is 4.79 Å². The highest BCUT2D eigenvalue weighted by Crippen LogP contribution is 2.31. The Hall–Kier alpha value is -0.810. The van der Waals surface area contributed by atoms with Gasteiger partial charge in [-0.3, -0.25) is 0 Å². The molecule has 1 fully saturated rings. The molecule has 0 bridgehead atoms. The number of aliphatic hydroxyl groups is 1. The molecule has 18 heavy (non-hydrogen) atoms. The van der Waals surface area contributed by atoms with E-state index < -0.39 is 16.7 Å². The number of rotatable bonds is 1. The molecule has 5 heteroatoms. The van der Waals surface area contributed by atoms with Gasteiger partial charge in [-0.15, -0.1) is 0 Å². The van der Waals surface area contributed by atoms with E-state index in [1.54, 1.807) is 4.90 Å². The van der Waals surface area contributed by atoms with Crippen molar-refractivity contribution in [2.45, 2.75) is 64.2 Å². The summed E-state index contributed by atoms with van der Waals surface area (Å²) < 4.78 is 5.31. The Labute approximate surface area is 109 Å². The molecule has 1 aliphatic heterocycles. The SMILES string of the molecule is CC(C)(C)OC(=O)N1CCC(O)(C(C)(C)N)CC1. The molecule has 0 aromatic rings. The summed E-state index contributed by atoms with van der Waals surface area (Å²) in [6.45, 7) is 10.1. The summed E-state index contributed by atoms with van der Waals surface area (Å²) in [5, 5.41) is 10.4. The van der Waals surface area contributed by atoms with E-state index in [-0.39, 0.29) is 6.09 Å². The van der Waals surface area contributed by atoms with E-state index in [9.17, 15) is 9.90 Å². The molecule has 0 unspecified atom stereocenters. The predicted octanol–water partition coefficient (Wildman–Crippen LogP) is 1.49. The van der Waals surface area contributed by atoms with Crippen LogP contribution >= 0.6 is 0 Å². The first-order chi connectivity index (χ1) is 7.95. The third-order valence-corrected chi connectivity index (χ3v) is 3.44. The van der Waals surface area contributed by atoms with Crippen molar-refractivity contribution < 1.29 is 14.6 Å². The second kappa shape index (κ2) is 4.70. The lowest BCUT2D eigenvalue weighted by molar-refractivity contribution is -0.0708. The van der Waals surface area contributed by atoms with E-state index in [0.29, 0.717) is 25.9 Å². The first-order valence-electron chi connectivity index (χ1n) is 6.44. The van der Waals surface area contributed by atoms with Gasteiger partial charge >= 0.3 is 6.09 Å². The lowest BCUT2D eigenvalue weighted by atomic mass is 9.76. The summed E-state index contributed by atoms with van der Waals surface area (Å²) in [6.07, 6.45) is 0.644. The van der Waals surface area contributed by atoms with Crippen LogP contribution in [0.3, 0.4) is 0 Å². The van der Waals surface area contributed by atoms with Crippen LogP contribution < -0.4 is 5.73 Å². The summed E-state index contributed by atoms with van der Waals surface area (Å²) in [5.74, 6) is 0. The van der Waals surface area contributed by atoms with Crippen LogP contribution in [0.2, 0.25) is 0 Å². The number of amides is 1. The Kier molecular flexibility index (Phi) is 3.98. The number of nitrogens with two attached hydrogens (primary N) is 1. The van der Waals surface area contributed by atoms with Crippen molar-refractivity contribution in [3.05, 3.63) is 0 Å². The molecule has 1 saturated heterocycles. The van der Waals surface area contributed by atoms with Gasteiger partial charge < -0.3 is 20.5 Å². The Morgan fingerprint density at radius 2 is 1.67 bits per heavy atom. The first-order valence-corrected chi connectivity index (χ1v) is 6.44. The van der Waals surface area contributed by atoms with Gasteiger partial charge in [0.1, 0.15) is 5.60 Å². The lowest BCUT2D eigenvalue weighted by Gasteiger charge is -2.45. The molecule has 1 aliphatic rings. The minimum absolute atomic E-state index is 0.320. The van der Waals surface area contributed by atoms with Crippen LogP contribution in [0.25, 0.3) is 0 Å². The molecule has 0 atom stereocenters. The van der Waals surface area contributed by atoms with Crippen LogP contribution in [0.5, 0.6) is 0 Å². The first kappa shape index (κ1) is 15.2. The normalized spacial score (nSPS) is 20.7. The van der Waals surface area contributed by atoms with Gasteiger partial charge in [0.15, 0.2) is 0 Å². The number of likely N-dealkylation sites (tertiary alicyclic amines) is 1. The van der Waals surface area contributed by atoms with Crippen LogP contribution in [0.1, 0.15) is 47.5 Å². The van der Waals surface area contributed by atoms with Crippen LogP contribution in [0.15, 0.2) is 0 Å². The number of hydrogen-bond donors (Lipinski definition) is 2. The van der Waals surface area contributed by atoms with E-state index in [2.05, 4.69) is 0 Å². The van der Waals surface area contributed by atoms with E-state index in [4.69, 9.17) is 10.5 Å². The number of hydrogen-bond acceptors (Lipinski definition) is 4. The van der Waals surface area contributed by atoms with Gasteiger partial charge in [0.25, 0.3) is 0 Å². The van der Waals surface area contributed by atoms with Crippen LogP contribution in [-0.4, -0.2) is 45.9 Å². The monoisotopic (exact) mass is 258 g/mol. The number of carbonyl (C=O) groups is 1. The zero-order valence-corrected chi connectivity index (χ0v) is 12.1. The Bertz CT molecular complexity index is 307. The topological polar surface area (TPSA) is 75.8 Å². The molecular weight excluding hydrogens is 232 g/mol. The summed E-state index contributed by atoms with van der Waals surface area (Å²) >= 11 is 0. The Morgan fingerprint density at radius 3 is 2.00 bits per heavy atom. The molecule has 0 aromatic carbocycles. The number of nitrogens with zero attached hydrogens (tertiary/aromatic N) is 1. The number of ether oxygens (including phenoxy) is 1. The summed E-state index contributed by atoms with van der Waals surface area (Å²) in [7, 11) is 0. The molecule has 0 aliphatic carbocycles. The number of piperidine rings is 1. The predicted molar refractivity (Wildman–Crippen MR) is 70.3 cm³/mol. The minimum atomic E-state index is -0.911. The van der Waals surface area contributed by atoms with Crippen molar-refractivity contribution in [1.29, 1.82) is 0 Å². The highest BCUT2D eigenvalue weighted by atomic mass is 16.6. The Balaban J connectivity index is 2.57. The number of carbonyl (C=O) groups excluding carboxylic acids is 1. The van der Waals surface area contributed by atoms with Crippen LogP contribution in [-0.2, 0) is 4.74 Å². The average Bonchev–Trinajstić information content (AvgIpc) is 2.14. The third kappa shape index (κ3) is 3.59. The van der Waals surface area contributed by atoms with Gasteiger partial charge in [-0.05, 0) is 47.5 Å². The second-order valence-corrected chi connectivity index (χ2v) is 6.72. The molecule has 1 heterocycles. The minimum Gasteiger partial charge on any atom is -0.444 e. The van der Waals surface area contributed by atoms with Crippen molar-refractivity contribution in [2.24, 2.45) is 5.73 Å². The highest BCUT2D eigenvalue weighted by molar-refractivity contribution is 5.68. The molecule has 0 aromatic heterocycles.